The van der Waals surface area contributed by atoms with E-state index in [-0.39, 0.29) is 6.03 Å². The summed E-state index contributed by atoms with van der Waals surface area (Å²) in [5, 5.41) is 2.95. The molecule has 33 heavy (non-hydrogen) atoms. The van der Waals surface area contributed by atoms with Gasteiger partial charge >= 0.3 is 6.03 Å². The molecular formula is C25H28N4O4. The molecule has 0 unspecified atom stereocenters. The van der Waals surface area contributed by atoms with Crippen molar-refractivity contribution in [2.75, 3.05) is 49.5 Å². The van der Waals surface area contributed by atoms with E-state index in [0.29, 0.717) is 36.0 Å². The van der Waals surface area contributed by atoms with Crippen LogP contribution in [0.2, 0.25) is 0 Å². The van der Waals surface area contributed by atoms with Crippen LogP contribution in [-0.2, 0) is 6.54 Å². The summed E-state index contributed by atoms with van der Waals surface area (Å²) in [5.74, 6) is 2.19. The van der Waals surface area contributed by atoms with E-state index in [0.717, 1.165) is 18.1 Å². The molecular weight excluding hydrogens is 420 g/mol. The second-order valence-electron chi connectivity index (χ2n) is 7.75. The molecule has 2 aromatic carbocycles. The molecule has 3 aromatic rings. The molecule has 4 rings (SSSR count). The van der Waals surface area contributed by atoms with Gasteiger partial charge in [0.05, 0.1) is 32.7 Å². The number of pyridine rings is 1. The van der Waals surface area contributed by atoms with E-state index in [1.165, 1.54) is 25.3 Å². The highest BCUT2D eigenvalue weighted by Gasteiger charge is 2.28. The first-order valence-corrected chi connectivity index (χ1v) is 10.7. The first-order valence-electron chi connectivity index (χ1n) is 10.7. The minimum atomic E-state index is -0.256. The zero-order chi connectivity index (χ0) is 23.4. The average molecular weight is 449 g/mol. The van der Waals surface area contributed by atoms with Crippen LogP contribution in [0.5, 0.6) is 17.2 Å². The molecule has 0 saturated carbocycles. The second kappa shape index (κ2) is 9.68. The normalized spacial score (nSPS) is 12.7. The maximum Gasteiger partial charge on any atom is 0.326 e. The van der Waals surface area contributed by atoms with Gasteiger partial charge in [-0.05, 0) is 24.6 Å². The van der Waals surface area contributed by atoms with Crippen molar-refractivity contribution < 1.29 is 19.0 Å². The number of hydrogen-bond acceptors (Lipinski definition) is 6. The topological polar surface area (TPSA) is 76.2 Å². The zero-order valence-corrected chi connectivity index (χ0v) is 19.3. The molecule has 0 fully saturated rings. The Balaban J connectivity index is 1.56. The van der Waals surface area contributed by atoms with Crippen LogP contribution < -0.4 is 29.3 Å². The zero-order valence-electron chi connectivity index (χ0n) is 19.3. The second-order valence-corrected chi connectivity index (χ2v) is 7.75. The standard InChI is InChI=1S/C25H28N4O4/c1-17-7-9-18(10-8-17)16-28-12-13-29(20-6-5-11-26-24(20)28)25(30)27-19-14-21(31-2)23(33-4)22(15-19)32-3/h5-11,14-15H,12-13,16H2,1-4H3,(H,27,30). The number of fused-ring (bicyclic) bond motifs is 1. The maximum absolute atomic E-state index is 13.2. The molecule has 2 amide bonds. The van der Waals surface area contributed by atoms with Crippen LogP contribution in [0.15, 0.2) is 54.7 Å². The number of amides is 2. The lowest BCUT2D eigenvalue weighted by Gasteiger charge is -2.36. The van der Waals surface area contributed by atoms with E-state index in [2.05, 4.69) is 46.4 Å². The molecule has 172 valence electrons. The molecule has 2 heterocycles. The van der Waals surface area contributed by atoms with E-state index in [1.54, 1.807) is 30.3 Å². The Hall–Kier alpha value is -3.94. The Bertz CT molecular complexity index is 1110. The van der Waals surface area contributed by atoms with Gasteiger partial charge in [-0.3, -0.25) is 4.90 Å². The van der Waals surface area contributed by atoms with Gasteiger partial charge in [0.1, 0.15) is 0 Å². The summed E-state index contributed by atoms with van der Waals surface area (Å²) in [6.07, 6.45) is 1.75. The highest BCUT2D eigenvalue weighted by molar-refractivity contribution is 6.04. The smallest absolute Gasteiger partial charge is 0.326 e. The number of urea groups is 1. The quantitative estimate of drug-likeness (QED) is 0.600. The highest BCUT2D eigenvalue weighted by atomic mass is 16.5. The molecule has 0 aliphatic carbocycles. The van der Waals surface area contributed by atoms with Gasteiger partial charge in [0.25, 0.3) is 0 Å². The lowest BCUT2D eigenvalue weighted by atomic mass is 10.1. The summed E-state index contributed by atoms with van der Waals surface area (Å²) in [4.78, 5) is 21.7. The van der Waals surface area contributed by atoms with E-state index in [1.807, 2.05) is 12.1 Å². The van der Waals surface area contributed by atoms with E-state index < -0.39 is 0 Å². The molecule has 8 nitrogen and oxygen atoms in total. The first-order chi connectivity index (χ1) is 16.0. The summed E-state index contributed by atoms with van der Waals surface area (Å²) >= 11 is 0. The van der Waals surface area contributed by atoms with Crippen molar-refractivity contribution in [3.63, 3.8) is 0 Å². The number of nitrogens with one attached hydrogen (secondary N) is 1. The van der Waals surface area contributed by atoms with E-state index >= 15 is 0 Å². The van der Waals surface area contributed by atoms with Gasteiger partial charge in [0.2, 0.25) is 5.75 Å². The van der Waals surface area contributed by atoms with Gasteiger partial charge in [0, 0.05) is 38.0 Å². The SMILES string of the molecule is COc1cc(NC(=O)N2CCN(Cc3ccc(C)cc3)c3ncccc32)cc(OC)c1OC. The van der Waals surface area contributed by atoms with Crippen molar-refractivity contribution in [2.45, 2.75) is 13.5 Å². The molecule has 1 N–H and O–H groups in total. The third-order valence-corrected chi connectivity index (χ3v) is 5.61. The Morgan fingerprint density at radius 3 is 2.33 bits per heavy atom. The molecule has 0 atom stereocenters. The summed E-state index contributed by atoms with van der Waals surface area (Å²) in [7, 11) is 4.62. The third kappa shape index (κ3) is 4.64. The Kier molecular flexibility index (Phi) is 6.53. The van der Waals surface area contributed by atoms with Crippen LogP contribution in [0.3, 0.4) is 0 Å². The van der Waals surface area contributed by atoms with Crippen molar-refractivity contribution in [3.05, 3.63) is 65.9 Å². The van der Waals surface area contributed by atoms with Crippen molar-refractivity contribution in [2.24, 2.45) is 0 Å². The number of nitrogens with zero attached hydrogens (tertiary/aromatic N) is 3. The molecule has 1 aliphatic heterocycles. The van der Waals surface area contributed by atoms with Gasteiger partial charge in [-0.1, -0.05) is 29.8 Å². The molecule has 0 spiro atoms. The predicted molar refractivity (Wildman–Crippen MR) is 129 cm³/mol. The first kappa shape index (κ1) is 22.3. The van der Waals surface area contributed by atoms with Gasteiger partial charge in [-0.25, -0.2) is 9.78 Å². The number of ether oxygens (including phenoxy) is 3. The van der Waals surface area contributed by atoms with Crippen LogP contribution in [-0.4, -0.2) is 45.4 Å². The van der Waals surface area contributed by atoms with Crippen molar-refractivity contribution in [1.29, 1.82) is 0 Å². The number of aryl methyl sites for hydroxylation is 1. The maximum atomic E-state index is 13.2. The van der Waals surface area contributed by atoms with Gasteiger partial charge in [-0.15, -0.1) is 0 Å². The highest BCUT2D eigenvalue weighted by Crippen LogP contribution is 2.40. The minimum absolute atomic E-state index is 0.256. The fourth-order valence-corrected chi connectivity index (χ4v) is 3.91. The summed E-state index contributed by atoms with van der Waals surface area (Å²) < 4.78 is 16.1. The van der Waals surface area contributed by atoms with Gasteiger partial charge < -0.3 is 24.4 Å². The monoisotopic (exact) mass is 448 g/mol. The van der Waals surface area contributed by atoms with E-state index in [4.69, 9.17) is 14.2 Å². The van der Waals surface area contributed by atoms with Crippen molar-refractivity contribution in [3.8, 4) is 17.2 Å². The van der Waals surface area contributed by atoms with Crippen LogP contribution in [0, 0.1) is 6.92 Å². The number of rotatable bonds is 6. The van der Waals surface area contributed by atoms with Crippen LogP contribution in [0.1, 0.15) is 11.1 Å². The summed E-state index contributed by atoms with van der Waals surface area (Å²) in [6.45, 7) is 4.00. The van der Waals surface area contributed by atoms with E-state index in [9.17, 15) is 4.79 Å². The number of carbonyl (C=O) groups excluding carboxylic acids is 1. The number of aromatic nitrogens is 1. The molecule has 0 bridgehead atoms. The number of benzene rings is 2. The number of hydrogen-bond donors (Lipinski definition) is 1. The van der Waals surface area contributed by atoms with Crippen LogP contribution in [0.4, 0.5) is 22.0 Å². The van der Waals surface area contributed by atoms with Crippen LogP contribution >= 0.6 is 0 Å². The summed E-state index contributed by atoms with van der Waals surface area (Å²) in [6, 6.07) is 15.4. The Labute approximate surface area is 193 Å². The molecule has 0 radical (unpaired) electrons. The average Bonchev–Trinajstić information content (AvgIpc) is 2.84. The van der Waals surface area contributed by atoms with Crippen molar-refractivity contribution >= 4 is 23.2 Å². The minimum Gasteiger partial charge on any atom is -0.493 e. The summed E-state index contributed by atoms with van der Waals surface area (Å²) in [5.41, 5.74) is 3.74. The van der Waals surface area contributed by atoms with Gasteiger partial charge in [0.15, 0.2) is 17.3 Å². The van der Waals surface area contributed by atoms with Crippen molar-refractivity contribution in [1.82, 2.24) is 4.98 Å². The Morgan fingerprint density at radius 1 is 1.00 bits per heavy atom. The lowest BCUT2D eigenvalue weighted by molar-refractivity contribution is 0.256. The Morgan fingerprint density at radius 2 is 1.70 bits per heavy atom. The molecule has 1 aliphatic rings. The third-order valence-electron chi connectivity index (χ3n) is 5.61. The molecule has 8 heteroatoms. The number of methoxy groups -OCH3 is 3. The van der Waals surface area contributed by atoms with Crippen LogP contribution in [0.25, 0.3) is 0 Å². The fraction of sp³-hybridized carbons (Fsp3) is 0.280. The molecule has 1 aromatic heterocycles. The number of carbonyl (C=O) groups is 1. The van der Waals surface area contributed by atoms with Gasteiger partial charge in [-0.2, -0.15) is 0 Å². The largest absolute Gasteiger partial charge is 0.493 e. The lowest BCUT2D eigenvalue weighted by Crippen LogP contribution is -2.46. The number of anilines is 3. The predicted octanol–water partition coefficient (Wildman–Crippen LogP) is 4.47. The molecule has 0 saturated heterocycles. The fourth-order valence-electron chi connectivity index (χ4n) is 3.91.